The van der Waals surface area contributed by atoms with Crippen LogP contribution in [0.5, 0.6) is 0 Å². The molecular weight excluding hydrogens is 262 g/mol. The third-order valence-electron chi connectivity index (χ3n) is 3.15. The Morgan fingerprint density at radius 2 is 2.00 bits per heavy atom. The van der Waals surface area contributed by atoms with Crippen LogP contribution in [-0.4, -0.2) is 45.9 Å². The van der Waals surface area contributed by atoms with Crippen LogP contribution in [0.2, 0.25) is 0 Å². The van der Waals surface area contributed by atoms with Gasteiger partial charge in [0, 0.05) is 11.8 Å². The highest BCUT2D eigenvalue weighted by atomic mass is 32.2. The minimum atomic E-state index is -3.01. The highest BCUT2D eigenvalue weighted by Gasteiger charge is 2.32. The lowest BCUT2D eigenvalue weighted by Crippen LogP contribution is -2.33. The van der Waals surface area contributed by atoms with Gasteiger partial charge in [0.15, 0.2) is 9.84 Å². The van der Waals surface area contributed by atoms with E-state index in [0.29, 0.717) is 19.3 Å². The van der Waals surface area contributed by atoms with Crippen molar-refractivity contribution in [2.45, 2.75) is 32.2 Å². The number of sulfone groups is 2. The second-order valence-electron chi connectivity index (χ2n) is 4.77. The fourth-order valence-corrected chi connectivity index (χ4v) is 5.48. The normalized spacial score (nSPS) is 25.9. The van der Waals surface area contributed by atoms with Crippen molar-refractivity contribution < 1.29 is 16.8 Å². The van der Waals surface area contributed by atoms with Crippen molar-refractivity contribution in [2.75, 3.05) is 23.0 Å². The lowest BCUT2D eigenvalue weighted by molar-refractivity contribution is 0.451. The van der Waals surface area contributed by atoms with Gasteiger partial charge in [-0.2, -0.15) is 0 Å². The summed E-state index contributed by atoms with van der Waals surface area (Å²) in [5, 5.41) is 0. The zero-order chi connectivity index (χ0) is 13.1. The second kappa shape index (κ2) is 5.67. The molecule has 0 aromatic heterocycles. The molecule has 0 radical (unpaired) electrons. The van der Waals surface area contributed by atoms with Gasteiger partial charge < -0.3 is 5.73 Å². The minimum absolute atomic E-state index is 0.0680. The van der Waals surface area contributed by atoms with E-state index in [4.69, 9.17) is 5.73 Å². The number of nitrogens with two attached hydrogens (primary N) is 1. The van der Waals surface area contributed by atoms with E-state index >= 15 is 0 Å². The highest BCUT2D eigenvalue weighted by Crippen LogP contribution is 2.22. The molecule has 2 atom stereocenters. The van der Waals surface area contributed by atoms with Gasteiger partial charge in [-0.15, -0.1) is 0 Å². The summed E-state index contributed by atoms with van der Waals surface area (Å²) >= 11 is 0. The molecule has 7 heteroatoms. The van der Waals surface area contributed by atoms with Gasteiger partial charge >= 0.3 is 0 Å². The Morgan fingerprint density at radius 1 is 1.35 bits per heavy atom. The van der Waals surface area contributed by atoms with Crippen molar-refractivity contribution in [3.8, 4) is 0 Å². The van der Waals surface area contributed by atoms with Crippen LogP contribution in [0.25, 0.3) is 0 Å². The molecule has 0 aromatic rings. The maximum atomic E-state index is 11.5. The molecule has 0 aromatic carbocycles. The predicted molar refractivity (Wildman–Crippen MR) is 68.3 cm³/mol. The SMILES string of the molecule is CCCS(=O)(=O)CCC(N)C1CCS(=O)(=O)C1. The Hall–Kier alpha value is -0.140. The maximum Gasteiger partial charge on any atom is 0.150 e. The molecule has 1 heterocycles. The van der Waals surface area contributed by atoms with Crippen LogP contribution in [0.1, 0.15) is 26.2 Å². The van der Waals surface area contributed by atoms with Crippen LogP contribution in [0.4, 0.5) is 0 Å². The van der Waals surface area contributed by atoms with E-state index < -0.39 is 19.7 Å². The van der Waals surface area contributed by atoms with E-state index in [-0.39, 0.29) is 35.0 Å². The Labute approximate surface area is 104 Å². The average Bonchev–Trinajstić information content (AvgIpc) is 2.55. The summed E-state index contributed by atoms with van der Waals surface area (Å²) < 4.78 is 45.6. The molecule has 0 bridgehead atoms. The molecule has 0 aliphatic carbocycles. The molecule has 1 aliphatic heterocycles. The van der Waals surface area contributed by atoms with Gasteiger partial charge in [-0.3, -0.25) is 0 Å². The van der Waals surface area contributed by atoms with Gasteiger partial charge in [-0.1, -0.05) is 6.92 Å². The van der Waals surface area contributed by atoms with Gasteiger partial charge in [-0.25, -0.2) is 16.8 Å². The highest BCUT2D eigenvalue weighted by molar-refractivity contribution is 7.91. The maximum absolute atomic E-state index is 11.5. The molecule has 1 aliphatic rings. The first-order chi connectivity index (χ1) is 7.76. The molecule has 0 spiro atoms. The van der Waals surface area contributed by atoms with Gasteiger partial charge in [-0.05, 0) is 25.2 Å². The number of hydrogen-bond acceptors (Lipinski definition) is 5. The van der Waals surface area contributed by atoms with Gasteiger partial charge in [0.05, 0.1) is 17.3 Å². The first-order valence-electron chi connectivity index (χ1n) is 5.92. The van der Waals surface area contributed by atoms with Crippen LogP contribution in [0.3, 0.4) is 0 Å². The summed E-state index contributed by atoms with van der Waals surface area (Å²) in [6.07, 6.45) is 1.54. The van der Waals surface area contributed by atoms with E-state index in [1.165, 1.54) is 0 Å². The van der Waals surface area contributed by atoms with Crippen molar-refractivity contribution in [2.24, 2.45) is 11.7 Å². The molecule has 2 N–H and O–H groups in total. The summed E-state index contributed by atoms with van der Waals surface area (Å²) in [7, 11) is -5.95. The van der Waals surface area contributed by atoms with Crippen LogP contribution in [-0.2, 0) is 19.7 Å². The predicted octanol–water partition coefficient (Wildman–Crippen LogP) is -0.0367. The first kappa shape index (κ1) is 14.9. The van der Waals surface area contributed by atoms with Crippen molar-refractivity contribution >= 4 is 19.7 Å². The Kier molecular flexibility index (Phi) is 4.97. The zero-order valence-electron chi connectivity index (χ0n) is 10.1. The molecule has 102 valence electrons. The monoisotopic (exact) mass is 283 g/mol. The fraction of sp³-hybridized carbons (Fsp3) is 1.00. The van der Waals surface area contributed by atoms with Crippen LogP contribution >= 0.6 is 0 Å². The lowest BCUT2D eigenvalue weighted by atomic mass is 9.98. The van der Waals surface area contributed by atoms with Crippen LogP contribution in [0, 0.1) is 5.92 Å². The van der Waals surface area contributed by atoms with E-state index in [1.54, 1.807) is 0 Å². The van der Waals surface area contributed by atoms with E-state index in [9.17, 15) is 16.8 Å². The van der Waals surface area contributed by atoms with Crippen molar-refractivity contribution in [1.82, 2.24) is 0 Å². The molecule has 2 unspecified atom stereocenters. The topological polar surface area (TPSA) is 94.3 Å². The molecule has 1 saturated heterocycles. The Bertz CT molecular complexity index is 441. The molecule has 17 heavy (non-hydrogen) atoms. The fourth-order valence-electron chi connectivity index (χ4n) is 2.13. The second-order valence-corrected chi connectivity index (χ2v) is 9.30. The average molecular weight is 283 g/mol. The Morgan fingerprint density at radius 3 is 2.47 bits per heavy atom. The summed E-state index contributed by atoms with van der Waals surface area (Å²) in [4.78, 5) is 0. The summed E-state index contributed by atoms with van der Waals surface area (Å²) in [6, 6.07) is -0.320. The van der Waals surface area contributed by atoms with Crippen molar-refractivity contribution in [3.05, 3.63) is 0 Å². The Balaban J connectivity index is 2.43. The summed E-state index contributed by atoms with van der Waals surface area (Å²) in [6.45, 7) is 1.82. The van der Waals surface area contributed by atoms with E-state index in [2.05, 4.69) is 0 Å². The first-order valence-corrected chi connectivity index (χ1v) is 9.56. The largest absolute Gasteiger partial charge is 0.327 e. The van der Waals surface area contributed by atoms with Crippen LogP contribution in [0.15, 0.2) is 0 Å². The molecule has 5 nitrogen and oxygen atoms in total. The van der Waals surface area contributed by atoms with Crippen molar-refractivity contribution in [1.29, 1.82) is 0 Å². The van der Waals surface area contributed by atoms with Gasteiger partial charge in [0.25, 0.3) is 0 Å². The molecule has 1 fully saturated rings. The van der Waals surface area contributed by atoms with E-state index in [1.807, 2.05) is 6.92 Å². The van der Waals surface area contributed by atoms with Crippen LogP contribution < -0.4 is 5.73 Å². The minimum Gasteiger partial charge on any atom is -0.327 e. The summed E-state index contributed by atoms with van der Waals surface area (Å²) in [5.41, 5.74) is 5.87. The third kappa shape index (κ3) is 4.93. The van der Waals surface area contributed by atoms with E-state index in [0.717, 1.165) is 0 Å². The number of hydrogen-bond donors (Lipinski definition) is 1. The summed E-state index contributed by atoms with van der Waals surface area (Å²) in [5.74, 6) is 0.480. The standard InChI is InChI=1S/C10H21NO4S2/c1-2-5-16(12,13)7-4-10(11)9-3-6-17(14,15)8-9/h9-10H,2-8,11H2,1H3. The van der Waals surface area contributed by atoms with Gasteiger partial charge in [0.1, 0.15) is 9.84 Å². The van der Waals surface area contributed by atoms with Crippen molar-refractivity contribution in [3.63, 3.8) is 0 Å². The zero-order valence-corrected chi connectivity index (χ0v) is 11.8. The lowest BCUT2D eigenvalue weighted by Gasteiger charge is -2.17. The third-order valence-corrected chi connectivity index (χ3v) is 6.83. The smallest absolute Gasteiger partial charge is 0.150 e. The number of rotatable bonds is 6. The quantitative estimate of drug-likeness (QED) is 0.738. The molecule has 1 rings (SSSR count). The molecular formula is C10H21NO4S2. The molecule has 0 saturated carbocycles. The molecule has 0 amide bonds. The van der Waals surface area contributed by atoms with Gasteiger partial charge in [0.2, 0.25) is 0 Å².